The van der Waals surface area contributed by atoms with Crippen LogP contribution in [0.3, 0.4) is 0 Å². The number of hydrogen-bond acceptors (Lipinski definition) is 1. The number of carbonyl (C=O) groups is 1. The first-order chi connectivity index (χ1) is 1.41. The average molecular weight is 213 g/mol. The molecule has 0 saturated heterocycles. The first-order valence-corrected chi connectivity index (χ1v) is 0.494. The molecule has 0 rings (SSSR count). The van der Waals surface area contributed by atoms with Crippen molar-refractivity contribution in [3.8, 4) is 0 Å². The van der Waals surface area contributed by atoms with Crippen LogP contribution in [0.4, 0.5) is 0 Å². The van der Waals surface area contributed by atoms with Crippen LogP contribution in [0, 0.1) is 0 Å². The van der Waals surface area contributed by atoms with Crippen LogP contribution >= 0.6 is 12.4 Å². The number of halogens is 1. The van der Waals surface area contributed by atoms with Gasteiger partial charge in [-0.1, -0.05) is 0 Å². The molecule has 0 heterocycles. The Morgan fingerprint density at radius 3 is 1.33 bits per heavy atom. The summed E-state index contributed by atoms with van der Waals surface area (Å²) in [5, 5.41) is 6.89. The monoisotopic (exact) mass is 210 g/mol. The molecule has 0 spiro atoms. The van der Waals surface area contributed by atoms with Gasteiger partial charge in [-0.3, -0.25) is 4.79 Å². The third-order valence-electron chi connectivity index (χ3n) is 0. The van der Waals surface area contributed by atoms with E-state index in [1.165, 1.54) is 0 Å². The van der Waals surface area contributed by atoms with Crippen molar-refractivity contribution in [3.05, 3.63) is 0 Å². The molecule has 0 amide bonds. The number of hydrogen-bond donors (Lipinski definition) is 1. The first-order valence-electron chi connectivity index (χ1n) is 0.494. The van der Waals surface area contributed by atoms with Gasteiger partial charge in [0.2, 0.25) is 0 Å². The van der Waals surface area contributed by atoms with Gasteiger partial charge < -0.3 is 5.11 Å². The number of rotatable bonds is 0. The minimum absolute atomic E-state index is 0. The topological polar surface area (TPSA) is 37.3 Å². The summed E-state index contributed by atoms with van der Waals surface area (Å²) in [4.78, 5) is 8.36. The average Bonchev–Trinajstić information content (AvgIpc) is 0.918. The summed E-state index contributed by atoms with van der Waals surface area (Å²) < 4.78 is 0. The fourth-order valence-electron chi connectivity index (χ4n) is 0. The molecule has 0 aliphatic heterocycles. The molecule has 0 unspecified atom stereocenters. The Kier molecular flexibility index (Phi) is 174. The Hall–Kier alpha value is 1.01. The smallest absolute Gasteiger partial charge is 0.290 e. The Balaban J connectivity index is -0.00000000667. The van der Waals surface area contributed by atoms with Gasteiger partial charge in [0.15, 0.2) is 0 Å². The van der Waals surface area contributed by atoms with Gasteiger partial charge in [0.25, 0.3) is 6.47 Å². The van der Waals surface area contributed by atoms with Crippen molar-refractivity contribution in [1.82, 2.24) is 0 Å². The Morgan fingerprint density at radius 2 is 1.33 bits per heavy atom. The van der Waals surface area contributed by atoms with E-state index in [1.54, 1.807) is 0 Å². The Labute approximate surface area is 67.6 Å². The van der Waals surface area contributed by atoms with Crippen molar-refractivity contribution >= 4 is 18.9 Å². The van der Waals surface area contributed by atoms with Gasteiger partial charge in [0.1, 0.15) is 0 Å². The molecular weight excluding hydrogens is 210 g/mol. The van der Waals surface area contributed by atoms with Gasteiger partial charge in [0.05, 0.1) is 0 Å². The Morgan fingerprint density at radius 1 is 1.33 bits per heavy atom. The standard InChI is InChI=1S/CH2O2.ClH.2Zn/c2-1-3;;;/h1H,(H,2,3);1H;;. The molecular formula is CH3ClO2Zn2. The minimum atomic E-state index is -0.250. The van der Waals surface area contributed by atoms with E-state index in [1.807, 2.05) is 0 Å². The van der Waals surface area contributed by atoms with Crippen LogP contribution in [-0.2, 0) is 43.8 Å². The van der Waals surface area contributed by atoms with Crippen LogP contribution in [0.15, 0.2) is 0 Å². The predicted molar refractivity (Wildman–Crippen MR) is 15.9 cm³/mol. The summed E-state index contributed by atoms with van der Waals surface area (Å²) in [6.45, 7) is -0.250. The zero-order valence-corrected chi connectivity index (χ0v) is 10.0. The van der Waals surface area contributed by atoms with Crippen molar-refractivity contribution in [2.75, 3.05) is 0 Å². The van der Waals surface area contributed by atoms with Crippen molar-refractivity contribution in [2.45, 2.75) is 0 Å². The van der Waals surface area contributed by atoms with E-state index in [2.05, 4.69) is 0 Å². The van der Waals surface area contributed by atoms with E-state index in [0.717, 1.165) is 0 Å². The van der Waals surface area contributed by atoms with Gasteiger partial charge in [-0.15, -0.1) is 12.4 Å². The molecule has 0 aliphatic carbocycles. The zero-order valence-electron chi connectivity index (χ0n) is 3.26. The van der Waals surface area contributed by atoms with E-state index in [0.29, 0.717) is 0 Å². The van der Waals surface area contributed by atoms with Crippen molar-refractivity contribution in [3.63, 3.8) is 0 Å². The summed E-state index contributed by atoms with van der Waals surface area (Å²) >= 11 is 0. The Bertz CT molecular complexity index is 19.0. The fraction of sp³-hybridized carbons (Fsp3) is 0. The van der Waals surface area contributed by atoms with Gasteiger partial charge in [-0.05, 0) is 0 Å². The molecule has 0 atom stereocenters. The molecule has 0 saturated carbocycles. The van der Waals surface area contributed by atoms with Gasteiger partial charge in [0, 0.05) is 39.0 Å². The molecule has 0 aromatic carbocycles. The molecule has 0 fully saturated rings. The summed E-state index contributed by atoms with van der Waals surface area (Å²) in [7, 11) is 0. The summed E-state index contributed by atoms with van der Waals surface area (Å²) in [5.41, 5.74) is 0. The normalized spacial score (nSPS) is 2.00. The van der Waals surface area contributed by atoms with E-state index < -0.39 is 0 Å². The fourth-order valence-corrected chi connectivity index (χ4v) is 0. The van der Waals surface area contributed by atoms with Crippen LogP contribution < -0.4 is 0 Å². The van der Waals surface area contributed by atoms with E-state index in [-0.39, 0.29) is 57.8 Å². The predicted octanol–water partition coefficient (Wildman–Crippen LogP) is 0.118. The van der Waals surface area contributed by atoms with Crippen LogP contribution in [0.25, 0.3) is 0 Å². The van der Waals surface area contributed by atoms with Crippen LogP contribution in [0.5, 0.6) is 0 Å². The zero-order chi connectivity index (χ0) is 2.71. The molecule has 0 aromatic heterocycles. The molecule has 0 bridgehead atoms. The number of carboxylic acid groups (broad SMARTS) is 1. The van der Waals surface area contributed by atoms with E-state index in [4.69, 9.17) is 9.90 Å². The third kappa shape index (κ3) is 79.3. The second kappa shape index (κ2) is 37.4. The molecule has 6 heavy (non-hydrogen) atoms. The summed E-state index contributed by atoms with van der Waals surface area (Å²) in [6, 6.07) is 0. The van der Waals surface area contributed by atoms with Gasteiger partial charge >= 0.3 is 0 Å². The minimum Gasteiger partial charge on any atom is -0.483 e. The van der Waals surface area contributed by atoms with E-state index in [9.17, 15) is 0 Å². The maximum absolute atomic E-state index is 8.36. The second-order valence-corrected chi connectivity index (χ2v) is 0.105. The van der Waals surface area contributed by atoms with Gasteiger partial charge in [-0.2, -0.15) is 0 Å². The van der Waals surface area contributed by atoms with Crippen molar-refractivity contribution in [1.29, 1.82) is 0 Å². The maximum atomic E-state index is 8.36. The van der Waals surface area contributed by atoms with Crippen LogP contribution in [0.1, 0.15) is 0 Å². The van der Waals surface area contributed by atoms with E-state index >= 15 is 0 Å². The van der Waals surface area contributed by atoms with Crippen LogP contribution in [-0.4, -0.2) is 11.6 Å². The molecule has 5 heteroatoms. The van der Waals surface area contributed by atoms with Crippen molar-refractivity contribution in [2.24, 2.45) is 0 Å². The SMILES string of the molecule is Cl.O=CO.[Zn].[Zn]. The second-order valence-electron chi connectivity index (χ2n) is 0.105. The quantitative estimate of drug-likeness (QED) is 0.458. The first kappa shape index (κ1) is 28.0. The largest absolute Gasteiger partial charge is 0.483 e. The molecule has 0 aliphatic rings. The van der Waals surface area contributed by atoms with Gasteiger partial charge in [-0.25, -0.2) is 0 Å². The van der Waals surface area contributed by atoms with Crippen LogP contribution in [0.2, 0.25) is 0 Å². The maximum Gasteiger partial charge on any atom is 0.290 e. The molecule has 0 aromatic rings. The molecule has 1 N–H and O–H groups in total. The van der Waals surface area contributed by atoms with Crippen molar-refractivity contribution < 1.29 is 48.9 Å². The summed E-state index contributed by atoms with van der Waals surface area (Å²) in [5.74, 6) is 0. The molecule has 2 nitrogen and oxygen atoms in total. The summed E-state index contributed by atoms with van der Waals surface area (Å²) in [6.07, 6.45) is 0. The molecule has 30 valence electrons. The molecule has 0 radical (unpaired) electrons. The third-order valence-corrected chi connectivity index (χ3v) is 0.